The Morgan fingerprint density at radius 2 is 2.04 bits per heavy atom. The molecule has 8 nitrogen and oxygen atoms in total. The molecule has 27 heavy (non-hydrogen) atoms. The van der Waals surface area contributed by atoms with E-state index in [1.807, 2.05) is 4.90 Å². The number of benzene rings is 1. The number of nitrogens with one attached hydrogen (secondary N) is 2. The summed E-state index contributed by atoms with van der Waals surface area (Å²) in [5, 5.41) is 2.31. The molecule has 4 amide bonds. The number of anilines is 1. The average molecular weight is 367 g/mol. The highest BCUT2D eigenvalue weighted by Crippen LogP contribution is 2.28. The lowest BCUT2D eigenvalue weighted by Crippen LogP contribution is -2.50. The number of nitrogens with zero attached hydrogens (tertiary/aromatic N) is 3. The summed E-state index contributed by atoms with van der Waals surface area (Å²) in [5.41, 5.74) is 1.01. The molecule has 0 radical (unpaired) electrons. The zero-order valence-electron chi connectivity index (χ0n) is 14.9. The predicted octanol–water partition coefficient (Wildman–Crippen LogP) is 1.88. The van der Waals surface area contributed by atoms with Crippen molar-refractivity contribution in [2.75, 3.05) is 24.5 Å². The van der Waals surface area contributed by atoms with Gasteiger partial charge in [0, 0.05) is 44.4 Å². The first-order chi connectivity index (χ1) is 13.1. The number of piperidine rings is 1. The predicted molar refractivity (Wildman–Crippen MR) is 98.4 cm³/mol. The maximum Gasteiger partial charge on any atom is 0.328 e. The van der Waals surface area contributed by atoms with Crippen LogP contribution in [0.15, 0.2) is 36.7 Å². The molecule has 0 saturated carbocycles. The summed E-state index contributed by atoms with van der Waals surface area (Å²) >= 11 is 0. The van der Waals surface area contributed by atoms with E-state index in [0.29, 0.717) is 24.3 Å². The molecular weight excluding hydrogens is 346 g/mol. The summed E-state index contributed by atoms with van der Waals surface area (Å²) in [7, 11) is 0. The van der Waals surface area contributed by atoms with E-state index in [1.54, 1.807) is 36.7 Å². The van der Waals surface area contributed by atoms with Gasteiger partial charge in [0.05, 0.1) is 11.3 Å². The average Bonchev–Trinajstić information content (AvgIpc) is 3.23. The highest BCUT2D eigenvalue weighted by molar-refractivity contribution is 6.09. The largest absolute Gasteiger partial charge is 0.348 e. The van der Waals surface area contributed by atoms with Gasteiger partial charge in [-0.05, 0) is 25.0 Å². The van der Waals surface area contributed by atoms with Crippen LogP contribution in [0.3, 0.4) is 0 Å². The monoisotopic (exact) mass is 367 g/mol. The Bertz CT molecular complexity index is 864. The summed E-state index contributed by atoms with van der Waals surface area (Å²) in [6.07, 6.45) is 5.62. The molecule has 2 aliphatic heterocycles. The lowest BCUT2D eigenvalue weighted by molar-refractivity contribution is -0.120. The van der Waals surface area contributed by atoms with Crippen LogP contribution in [-0.2, 0) is 4.79 Å². The molecule has 4 rings (SSSR count). The number of imide groups is 1. The van der Waals surface area contributed by atoms with Crippen LogP contribution in [-0.4, -0.2) is 52.3 Å². The van der Waals surface area contributed by atoms with Crippen LogP contribution in [0.1, 0.15) is 41.4 Å². The Hall–Kier alpha value is -3.16. The summed E-state index contributed by atoms with van der Waals surface area (Å²) in [6.45, 7) is 1.53. The van der Waals surface area contributed by atoms with Crippen LogP contribution < -0.4 is 10.2 Å². The van der Waals surface area contributed by atoms with Crippen molar-refractivity contribution in [2.24, 2.45) is 0 Å². The van der Waals surface area contributed by atoms with E-state index >= 15 is 0 Å². The van der Waals surface area contributed by atoms with Gasteiger partial charge in [0.15, 0.2) is 0 Å². The number of rotatable bonds is 3. The molecule has 2 aromatic rings. The van der Waals surface area contributed by atoms with E-state index in [9.17, 15) is 14.4 Å². The van der Waals surface area contributed by atoms with Crippen LogP contribution in [0.4, 0.5) is 10.5 Å². The van der Waals surface area contributed by atoms with Crippen LogP contribution in [0.5, 0.6) is 0 Å². The van der Waals surface area contributed by atoms with Gasteiger partial charge in [0.1, 0.15) is 5.82 Å². The molecule has 140 valence electrons. The topological polar surface area (TPSA) is 98.4 Å². The second-order valence-corrected chi connectivity index (χ2v) is 6.84. The molecule has 0 bridgehead atoms. The molecule has 2 N–H and O–H groups in total. The van der Waals surface area contributed by atoms with Crippen molar-refractivity contribution in [1.29, 1.82) is 0 Å². The minimum Gasteiger partial charge on any atom is -0.348 e. The standard InChI is InChI=1S/C19H21N5O3/c25-16-7-11-24(19(27)22-16)15-6-2-1-5-14(15)18(26)23-10-3-4-13(12-23)17-20-8-9-21-17/h1-2,5-6,8-9,13H,3-4,7,10-12H2,(H,20,21)(H,22,25,27)/t13-/m1/s1. The van der Waals surface area contributed by atoms with Gasteiger partial charge in [-0.2, -0.15) is 0 Å². The number of carbonyl (C=O) groups excluding carboxylic acids is 3. The van der Waals surface area contributed by atoms with Crippen molar-refractivity contribution in [3.05, 3.63) is 48.0 Å². The fourth-order valence-corrected chi connectivity index (χ4v) is 3.74. The van der Waals surface area contributed by atoms with Crippen LogP contribution in [0, 0.1) is 0 Å². The molecule has 2 saturated heterocycles. The maximum absolute atomic E-state index is 13.2. The van der Waals surface area contributed by atoms with Gasteiger partial charge in [-0.25, -0.2) is 9.78 Å². The van der Waals surface area contributed by atoms with Gasteiger partial charge in [-0.3, -0.25) is 19.8 Å². The number of aromatic nitrogens is 2. The number of aromatic amines is 1. The van der Waals surface area contributed by atoms with E-state index in [0.717, 1.165) is 18.7 Å². The Labute approximate surface area is 156 Å². The first-order valence-corrected chi connectivity index (χ1v) is 9.12. The van der Waals surface area contributed by atoms with Gasteiger partial charge in [0.2, 0.25) is 5.91 Å². The lowest BCUT2D eigenvalue weighted by Gasteiger charge is -2.34. The third kappa shape index (κ3) is 3.42. The number of hydrogen-bond donors (Lipinski definition) is 2. The SMILES string of the molecule is O=C1CCN(c2ccccc2C(=O)N2CCC[C@@H](c3ncc[nH]3)C2)C(=O)N1. The number of H-pyrrole nitrogens is 1. The molecule has 1 atom stereocenters. The summed E-state index contributed by atoms with van der Waals surface area (Å²) in [5.74, 6) is 0.680. The fourth-order valence-electron chi connectivity index (χ4n) is 3.74. The van der Waals surface area contributed by atoms with Gasteiger partial charge in [-0.1, -0.05) is 12.1 Å². The third-order valence-corrected chi connectivity index (χ3v) is 5.09. The van der Waals surface area contributed by atoms with Crippen LogP contribution in [0.25, 0.3) is 0 Å². The minimum atomic E-state index is -0.487. The molecule has 2 aliphatic rings. The number of likely N-dealkylation sites (tertiary alicyclic amines) is 1. The number of hydrogen-bond acceptors (Lipinski definition) is 4. The van der Waals surface area contributed by atoms with Crippen molar-refractivity contribution in [2.45, 2.75) is 25.2 Å². The Morgan fingerprint density at radius 1 is 1.19 bits per heavy atom. The summed E-state index contributed by atoms with van der Waals surface area (Å²) in [4.78, 5) is 47.6. The first kappa shape index (κ1) is 17.3. The number of amides is 4. The van der Waals surface area contributed by atoms with Crippen molar-refractivity contribution in [3.63, 3.8) is 0 Å². The molecule has 0 unspecified atom stereocenters. The summed E-state index contributed by atoms with van der Waals surface area (Å²) < 4.78 is 0. The molecular formula is C19H21N5O3. The van der Waals surface area contributed by atoms with E-state index in [2.05, 4.69) is 15.3 Å². The van der Waals surface area contributed by atoms with Crippen molar-refractivity contribution in [1.82, 2.24) is 20.2 Å². The van der Waals surface area contributed by atoms with Crippen molar-refractivity contribution >= 4 is 23.5 Å². The molecule has 8 heteroatoms. The van der Waals surface area contributed by atoms with E-state index < -0.39 is 6.03 Å². The van der Waals surface area contributed by atoms with E-state index in [-0.39, 0.29) is 30.7 Å². The molecule has 3 heterocycles. The highest BCUT2D eigenvalue weighted by Gasteiger charge is 2.31. The molecule has 1 aromatic carbocycles. The number of carbonyl (C=O) groups is 3. The van der Waals surface area contributed by atoms with E-state index in [1.165, 1.54) is 4.90 Å². The zero-order valence-corrected chi connectivity index (χ0v) is 14.9. The third-order valence-electron chi connectivity index (χ3n) is 5.09. The number of imidazole rings is 1. The Kier molecular flexibility index (Phi) is 4.62. The minimum absolute atomic E-state index is 0.105. The van der Waals surface area contributed by atoms with Gasteiger partial charge in [-0.15, -0.1) is 0 Å². The first-order valence-electron chi connectivity index (χ1n) is 9.12. The zero-order chi connectivity index (χ0) is 18.8. The molecule has 2 fully saturated rings. The van der Waals surface area contributed by atoms with Crippen LogP contribution in [0.2, 0.25) is 0 Å². The molecule has 1 aromatic heterocycles. The second kappa shape index (κ2) is 7.22. The Morgan fingerprint density at radius 3 is 2.81 bits per heavy atom. The van der Waals surface area contributed by atoms with Crippen LogP contribution >= 0.6 is 0 Å². The number of urea groups is 1. The maximum atomic E-state index is 13.2. The van der Waals surface area contributed by atoms with Crippen molar-refractivity contribution in [3.8, 4) is 0 Å². The summed E-state index contributed by atoms with van der Waals surface area (Å²) in [6, 6.07) is 6.57. The Balaban J connectivity index is 1.57. The lowest BCUT2D eigenvalue weighted by atomic mass is 9.96. The van der Waals surface area contributed by atoms with Crippen molar-refractivity contribution < 1.29 is 14.4 Å². The van der Waals surface area contributed by atoms with Gasteiger partial charge in [0.25, 0.3) is 5.91 Å². The fraction of sp³-hybridized carbons (Fsp3) is 0.368. The smallest absolute Gasteiger partial charge is 0.328 e. The van der Waals surface area contributed by atoms with E-state index in [4.69, 9.17) is 0 Å². The van der Waals surface area contributed by atoms with Gasteiger partial charge >= 0.3 is 6.03 Å². The normalized spacial score (nSPS) is 20.5. The number of para-hydroxylation sites is 1. The second-order valence-electron chi connectivity index (χ2n) is 6.84. The molecule has 0 aliphatic carbocycles. The highest BCUT2D eigenvalue weighted by atomic mass is 16.2. The van der Waals surface area contributed by atoms with Gasteiger partial charge < -0.3 is 9.88 Å². The quantitative estimate of drug-likeness (QED) is 0.865. The molecule has 0 spiro atoms.